The molecule has 3 heterocycles. The van der Waals surface area contributed by atoms with E-state index in [1.165, 1.54) is 66.8 Å². The fourth-order valence-electron chi connectivity index (χ4n) is 10.1. The molecule has 0 N–H and O–H groups in total. The average Bonchev–Trinajstić information content (AvgIpc) is 4.19. The van der Waals surface area contributed by atoms with Crippen molar-refractivity contribution >= 4 is 54.5 Å². The number of para-hydroxylation sites is 2. The predicted molar refractivity (Wildman–Crippen MR) is 308 cm³/mol. The van der Waals surface area contributed by atoms with Crippen molar-refractivity contribution in [1.82, 2.24) is 19.5 Å². The van der Waals surface area contributed by atoms with Crippen LogP contribution in [0.5, 0.6) is 0 Å². The molecule has 0 fully saturated rings. The molecular weight excluding hydrogens is 1080 g/mol. The molecule has 0 aliphatic rings. The topological polar surface area (TPSA) is 56.7 Å². The Morgan fingerprint density at radius 3 is 1.88 bits per heavy atom. The third-order valence-electron chi connectivity index (χ3n) is 14.2. The van der Waals surface area contributed by atoms with Crippen molar-refractivity contribution in [3.8, 4) is 39.6 Å². The van der Waals surface area contributed by atoms with Crippen molar-refractivity contribution in [3.63, 3.8) is 0 Å². The van der Waals surface area contributed by atoms with Gasteiger partial charge in [0.25, 0.3) is 0 Å². The first-order valence-electron chi connectivity index (χ1n) is 27.2. The first kappa shape index (κ1) is 48.2. The molecule has 11 rings (SSSR count). The van der Waals surface area contributed by atoms with Gasteiger partial charge >= 0.3 is 0 Å². The Morgan fingerprint density at radius 1 is 0.581 bits per heavy atom. The summed E-state index contributed by atoms with van der Waals surface area (Å²) >= 11 is 0. The SMILES string of the molecule is CC(C)c1cc(-c2cc(C(C)(C)C)cc(C(C)(C)C)c2)cc(C(C)C)c1-n1c(-c2[c-]ccc3c2oc2cc4c(ccc5ccccc54)cc23)nc2ccccc21.[2H]C([2H])([2H])c1cnc(-c2[c-]cccc2)nc1C(C)(C)C.[Ir]. The third kappa shape index (κ3) is 9.87. The molecule has 1 radical (unpaired) electrons. The summed E-state index contributed by atoms with van der Waals surface area (Å²) < 4.78 is 32.2. The molecule has 74 heavy (non-hydrogen) atoms. The second kappa shape index (κ2) is 19.9. The summed E-state index contributed by atoms with van der Waals surface area (Å²) in [6.45, 7) is 26.8. The molecule has 0 spiro atoms. The molecule has 8 aromatic carbocycles. The van der Waals surface area contributed by atoms with E-state index in [-0.39, 0.29) is 53.7 Å². The van der Waals surface area contributed by atoms with Gasteiger partial charge in [-0.1, -0.05) is 168 Å². The van der Waals surface area contributed by atoms with Crippen LogP contribution in [-0.2, 0) is 36.4 Å². The van der Waals surface area contributed by atoms with Crippen LogP contribution in [0.2, 0.25) is 0 Å². The molecule has 0 bridgehead atoms. The van der Waals surface area contributed by atoms with Crippen molar-refractivity contribution < 1.29 is 28.6 Å². The average molecular weight is 1150 g/mol. The maximum Gasteiger partial charge on any atom is 0.121 e. The van der Waals surface area contributed by atoms with Gasteiger partial charge in [-0.2, -0.15) is 0 Å². The quantitative estimate of drug-likeness (QED) is 0.123. The Bertz CT molecular complexity index is 3930. The zero-order valence-electron chi connectivity index (χ0n) is 48.0. The summed E-state index contributed by atoms with van der Waals surface area (Å²) in [4.78, 5) is 14.1. The monoisotopic (exact) mass is 1150 g/mol. The molecule has 3 aromatic heterocycles. The molecule has 0 unspecified atom stereocenters. The van der Waals surface area contributed by atoms with Crippen LogP contribution < -0.4 is 0 Å². The molecule has 6 heteroatoms. The summed E-state index contributed by atoms with van der Waals surface area (Å²) in [6.07, 6.45) is 1.41. The number of fused-ring (bicyclic) bond motifs is 7. The van der Waals surface area contributed by atoms with Crippen molar-refractivity contribution in [2.75, 3.05) is 0 Å². The number of aryl methyl sites for hydroxylation is 1. The smallest absolute Gasteiger partial charge is 0.121 e. The van der Waals surface area contributed by atoms with Crippen LogP contribution in [0.1, 0.15) is 139 Å². The minimum Gasteiger partial charge on any atom is -0.501 e. The predicted octanol–water partition coefficient (Wildman–Crippen LogP) is 18.8. The Hall–Kier alpha value is -6.72. The number of aromatic nitrogens is 4. The van der Waals surface area contributed by atoms with Crippen molar-refractivity contribution in [2.45, 2.75) is 125 Å². The number of hydrogen-bond donors (Lipinski definition) is 0. The fourth-order valence-corrected chi connectivity index (χ4v) is 10.1. The van der Waals surface area contributed by atoms with Crippen molar-refractivity contribution in [3.05, 3.63) is 191 Å². The largest absolute Gasteiger partial charge is 0.501 e. The van der Waals surface area contributed by atoms with E-state index in [0.717, 1.165) is 49.9 Å². The van der Waals surface area contributed by atoms with E-state index < -0.39 is 6.85 Å². The van der Waals surface area contributed by atoms with Crippen LogP contribution in [0, 0.1) is 19.0 Å². The summed E-state index contributed by atoms with van der Waals surface area (Å²) in [5, 5.41) is 7.02. The zero-order valence-corrected chi connectivity index (χ0v) is 47.4. The van der Waals surface area contributed by atoms with Crippen molar-refractivity contribution in [1.29, 1.82) is 0 Å². The number of hydrogen-bond acceptors (Lipinski definition) is 4. The van der Waals surface area contributed by atoms with E-state index in [4.69, 9.17) is 13.5 Å². The minimum absolute atomic E-state index is 0. The molecule has 377 valence electrons. The molecule has 0 saturated heterocycles. The molecule has 5 nitrogen and oxygen atoms in total. The molecule has 11 aromatic rings. The second-order valence-corrected chi connectivity index (χ2v) is 23.4. The van der Waals surface area contributed by atoms with E-state index in [2.05, 4.69) is 205 Å². The zero-order chi connectivity index (χ0) is 54.2. The normalized spacial score (nSPS) is 13.1. The number of furan rings is 1. The Kier molecular flexibility index (Phi) is 12.9. The van der Waals surface area contributed by atoms with Gasteiger partial charge in [0.05, 0.1) is 28.3 Å². The minimum atomic E-state index is -2.21. The van der Waals surface area contributed by atoms with Crippen LogP contribution in [0.15, 0.2) is 150 Å². The Morgan fingerprint density at radius 2 is 1.23 bits per heavy atom. The van der Waals surface area contributed by atoms with Crippen LogP contribution in [0.3, 0.4) is 0 Å². The van der Waals surface area contributed by atoms with Crippen LogP contribution in [-0.4, -0.2) is 19.5 Å². The molecule has 0 aliphatic carbocycles. The first-order valence-corrected chi connectivity index (χ1v) is 25.7. The first-order chi connectivity index (χ1) is 35.9. The molecular formula is C68H68IrN4O-2. The summed E-state index contributed by atoms with van der Waals surface area (Å²) in [5.74, 6) is 1.84. The van der Waals surface area contributed by atoms with Gasteiger partial charge in [0.15, 0.2) is 0 Å². The summed E-state index contributed by atoms with van der Waals surface area (Å²) in [7, 11) is 0. The van der Waals surface area contributed by atoms with Gasteiger partial charge in [0, 0.05) is 52.6 Å². The number of rotatable bonds is 6. The summed E-state index contributed by atoms with van der Waals surface area (Å²) in [6, 6.07) is 56.4. The maximum atomic E-state index is 7.61. The van der Waals surface area contributed by atoms with Gasteiger partial charge in [-0.15, -0.1) is 54.1 Å². The number of imidazole rings is 1. The molecule has 0 aliphatic heterocycles. The van der Waals surface area contributed by atoms with Gasteiger partial charge in [-0.3, -0.25) is 15.0 Å². The number of benzene rings is 8. The maximum absolute atomic E-state index is 7.61. The van der Waals surface area contributed by atoms with E-state index >= 15 is 0 Å². The van der Waals surface area contributed by atoms with E-state index in [9.17, 15) is 0 Å². The standard InChI is InChI=1S/C53H51N2O.C15H17N2.Ir/c1-31(2)42-27-36(35-24-37(52(5,6)7)29-38(25-35)53(8,9)10)28-43(32(3)4)49(42)55-47-21-14-13-20-46(47)54-51(55)41-19-15-18-40-45-26-34-23-22-33-16-11-12-17-39(33)44(34)30-48(45)56-50(40)41;1-11-10-16-14(12-8-6-5-7-9-12)17-13(11)15(2,3)4;/h11-18,20-32H,1-10H3;5-8,10H,1-4H3;/q2*-1;/i;1D3;. The summed E-state index contributed by atoms with van der Waals surface area (Å²) in [5.41, 5.74) is 14.8. The van der Waals surface area contributed by atoms with Gasteiger partial charge in [-0.25, -0.2) is 0 Å². The molecule has 0 atom stereocenters. The van der Waals surface area contributed by atoms with E-state index in [1.54, 1.807) is 6.07 Å². The van der Waals surface area contributed by atoms with Crippen LogP contribution in [0.4, 0.5) is 0 Å². The second-order valence-electron chi connectivity index (χ2n) is 23.4. The van der Waals surface area contributed by atoms with E-state index in [0.29, 0.717) is 11.5 Å². The molecule has 0 saturated carbocycles. The van der Waals surface area contributed by atoms with Crippen LogP contribution >= 0.6 is 0 Å². The van der Waals surface area contributed by atoms with Gasteiger partial charge in [0.2, 0.25) is 0 Å². The Labute approximate surface area is 456 Å². The van der Waals surface area contributed by atoms with Gasteiger partial charge in [0.1, 0.15) is 5.58 Å². The third-order valence-corrected chi connectivity index (χ3v) is 14.2. The van der Waals surface area contributed by atoms with Crippen molar-refractivity contribution in [2.24, 2.45) is 0 Å². The van der Waals surface area contributed by atoms with Gasteiger partial charge in [-0.05, 0) is 126 Å². The Balaban J connectivity index is 0.000000290. The number of nitrogens with zero attached hydrogens (tertiary/aromatic N) is 4. The van der Waals surface area contributed by atoms with Crippen LogP contribution in [0.25, 0.3) is 94.1 Å². The van der Waals surface area contributed by atoms with E-state index in [1.807, 2.05) is 45.0 Å². The van der Waals surface area contributed by atoms with Gasteiger partial charge < -0.3 is 8.98 Å². The fraction of sp³-hybridized carbons (Fsp3) is 0.279. The molecule has 0 amide bonds.